The average molecular weight is 274 g/mol. The first-order chi connectivity index (χ1) is 9.74. The lowest BCUT2D eigenvalue weighted by molar-refractivity contribution is -0.127. The Hall–Kier alpha value is -1.81. The lowest BCUT2D eigenvalue weighted by Gasteiger charge is -2.25. The maximum Gasteiger partial charge on any atom is 0.246 e. The van der Waals surface area contributed by atoms with Crippen molar-refractivity contribution >= 4 is 12.0 Å². The van der Waals surface area contributed by atoms with Crippen LogP contribution in [0, 0.1) is 0 Å². The van der Waals surface area contributed by atoms with Crippen molar-refractivity contribution < 1.29 is 9.53 Å². The van der Waals surface area contributed by atoms with Gasteiger partial charge in [-0.05, 0) is 43.7 Å². The van der Waals surface area contributed by atoms with Crippen LogP contribution in [0.4, 0.5) is 0 Å². The van der Waals surface area contributed by atoms with Gasteiger partial charge in [0.15, 0.2) is 0 Å². The number of nitrogens with one attached hydrogen (secondary N) is 1. The third-order valence-electron chi connectivity index (χ3n) is 3.63. The number of carbonyl (C=O) groups is 1. The molecule has 1 heterocycles. The molecule has 0 bridgehead atoms. The average Bonchev–Trinajstić information content (AvgIpc) is 3.00. The van der Waals surface area contributed by atoms with Crippen LogP contribution in [0.2, 0.25) is 0 Å². The molecule has 1 aromatic rings. The monoisotopic (exact) mass is 274 g/mol. The first-order valence-corrected chi connectivity index (χ1v) is 7.08. The Kier molecular flexibility index (Phi) is 5.18. The smallest absolute Gasteiger partial charge is 0.246 e. The Labute approximate surface area is 120 Å². The van der Waals surface area contributed by atoms with Crippen LogP contribution in [0.25, 0.3) is 6.08 Å². The minimum Gasteiger partial charge on any atom is -0.497 e. The van der Waals surface area contributed by atoms with E-state index in [9.17, 15) is 4.79 Å². The van der Waals surface area contributed by atoms with Gasteiger partial charge in [0.05, 0.1) is 7.11 Å². The SMILES string of the molecule is CCN(C(=O)/C=C/c1ccc(OC)cc1)C1CCNC1. The molecule has 1 fully saturated rings. The molecule has 1 aliphatic rings. The van der Waals surface area contributed by atoms with Gasteiger partial charge in [0.2, 0.25) is 5.91 Å². The van der Waals surface area contributed by atoms with Crippen LogP contribution < -0.4 is 10.1 Å². The summed E-state index contributed by atoms with van der Waals surface area (Å²) in [6.07, 6.45) is 4.55. The van der Waals surface area contributed by atoms with Crippen molar-refractivity contribution in [3.05, 3.63) is 35.9 Å². The summed E-state index contributed by atoms with van der Waals surface area (Å²) >= 11 is 0. The van der Waals surface area contributed by atoms with E-state index in [0.29, 0.717) is 6.04 Å². The van der Waals surface area contributed by atoms with Crippen molar-refractivity contribution in [3.8, 4) is 5.75 Å². The summed E-state index contributed by atoms with van der Waals surface area (Å²) in [4.78, 5) is 14.2. The number of ether oxygens (including phenoxy) is 1. The number of methoxy groups -OCH3 is 1. The van der Waals surface area contributed by atoms with Crippen molar-refractivity contribution in [2.45, 2.75) is 19.4 Å². The van der Waals surface area contributed by atoms with Crippen molar-refractivity contribution in [1.82, 2.24) is 10.2 Å². The van der Waals surface area contributed by atoms with Crippen LogP contribution in [0.3, 0.4) is 0 Å². The minimum absolute atomic E-state index is 0.0806. The Bertz CT molecular complexity index is 462. The van der Waals surface area contributed by atoms with Gasteiger partial charge in [0, 0.05) is 25.2 Å². The van der Waals surface area contributed by atoms with Gasteiger partial charge in [0.25, 0.3) is 0 Å². The molecule has 1 aliphatic heterocycles. The van der Waals surface area contributed by atoms with E-state index in [0.717, 1.165) is 37.4 Å². The van der Waals surface area contributed by atoms with Gasteiger partial charge in [0.1, 0.15) is 5.75 Å². The van der Waals surface area contributed by atoms with Gasteiger partial charge in [-0.15, -0.1) is 0 Å². The standard InChI is InChI=1S/C16H22N2O2/c1-3-18(14-10-11-17-12-14)16(19)9-6-13-4-7-15(20-2)8-5-13/h4-9,14,17H,3,10-12H2,1-2H3/b9-6+. The molecule has 2 rings (SSSR count). The summed E-state index contributed by atoms with van der Waals surface area (Å²) in [5, 5.41) is 3.30. The second-order valence-electron chi connectivity index (χ2n) is 4.88. The van der Waals surface area contributed by atoms with E-state index >= 15 is 0 Å². The van der Waals surface area contributed by atoms with Gasteiger partial charge in [-0.25, -0.2) is 0 Å². The zero-order valence-corrected chi connectivity index (χ0v) is 12.1. The van der Waals surface area contributed by atoms with Crippen molar-refractivity contribution in [2.75, 3.05) is 26.7 Å². The molecule has 1 N–H and O–H groups in total. The van der Waals surface area contributed by atoms with Gasteiger partial charge < -0.3 is 15.0 Å². The molecule has 0 aromatic heterocycles. The van der Waals surface area contributed by atoms with Crippen molar-refractivity contribution in [2.24, 2.45) is 0 Å². The number of rotatable bonds is 5. The Morgan fingerprint density at radius 3 is 2.75 bits per heavy atom. The Morgan fingerprint density at radius 2 is 2.20 bits per heavy atom. The topological polar surface area (TPSA) is 41.6 Å². The van der Waals surface area contributed by atoms with Gasteiger partial charge >= 0.3 is 0 Å². The van der Waals surface area contributed by atoms with Crippen LogP contribution in [0.15, 0.2) is 30.3 Å². The number of benzene rings is 1. The number of likely N-dealkylation sites (N-methyl/N-ethyl adjacent to an activating group) is 1. The maximum absolute atomic E-state index is 12.2. The lowest BCUT2D eigenvalue weighted by Crippen LogP contribution is -2.40. The highest BCUT2D eigenvalue weighted by Gasteiger charge is 2.23. The zero-order valence-electron chi connectivity index (χ0n) is 12.1. The largest absolute Gasteiger partial charge is 0.497 e. The number of amides is 1. The summed E-state index contributed by atoms with van der Waals surface area (Å²) in [6, 6.07) is 7.99. The van der Waals surface area contributed by atoms with E-state index in [1.54, 1.807) is 13.2 Å². The van der Waals surface area contributed by atoms with E-state index < -0.39 is 0 Å². The molecule has 0 saturated carbocycles. The van der Waals surface area contributed by atoms with Gasteiger partial charge in [-0.3, -0.25) is 4.79 Å². The molecule has 1 atom stereocenters. The van der Waals surface area contributed by atoms with E-state index in [-0.39, 0.29) is 5.91 Å². The number of hydrogen-bond acceptors (Lipinski definition) is 3. The Morgan fingerprint density at radius 1 is 1.45 bits per heavy atom. The van der Waals surface area contributed by atoms with Crippen molar-refractivity contribution in [1.29, 1.82) is 0 Å². The van der Waals surface area contributed by atoms with E-state index in [2.05, 4.69) is 5.32 Å². The van der Waals surface area contributed by atoms with E-state index in [1.807, 2.05) is 42.2 Å². The van der Waals surface area contributed by atoms with Crippen LogP contribution in [-0.2, 0) is 4.79 Å². The molecule has 1 unspecified atom stereocenters. The summed E-state index contributed by atoms with van der Waals surface area (Å²) in [5.41, 5.74) is 1.000. The normalized spacial score (nSPS) is 18.4. The minimum atomic E-state index is 0.0806. The quantitative estimate of drug-likeness (QED) is 0.834. The first-order valence-electron chi connectivity index (χ1n) is 7.08. The highest BCUT2D eigenvalue weighted by atomic mass is 16.5. The molecule has 4 heteroatoms. The third-order valence-corrected chi connectivity index (χ3v) is 3.63. The van der Waals surface area contributed by atoms with Crippen LogP contribution >= 0.6 is 0 Å². The molecular weight excluding hydrogens is 252 g/mol. The molecule has 0 aliphatic carbocycles. The summed E-state index contributed by atoms with van der Waals surface area (Å²) < 4.78 is 5.11. The molecular formula is C16H22N2O2. The predicted octanol–water partition coefficient (Wildman–Crippen LogP) is 1.92. The highest BCUT2D eigenvalue weighted by Crippen LogP contribution is 2.13. The zero-order chi connectivity index (χ0) is 14.4. The number of carbonyl (C=O) groups excluding carboxylic acids is 1. The second kappa shape index (κ2) is 7.10. The summed E-state index contributed by atoms with van der Waals surface area (Å²) in [7, 11) is 1.64. The number of nitrogens with zero attached hydrogens (tertiary/aromatic N) is 1. The molecule has 0 radical (unpaired) electrons. The van der Waals surface area contributed by atoms with Gasteiger partial charge in [-0.1, -0.05) is 12.1 Å². The molecule has 1 aromatic carbocycles. The predicted molar refractivity (Wildman–Crippen MR) is 80.7 cm³/mol. The molecule has 4 nitrogen and oxygen atoms in total. The molecule has 108 valence electrons. The molecule has 20 heavy (non-hydrogen) atoms. The Balaban J connectivity index is 1.99. The maximum atomic E-state index is 12.2. The summed E-state index contributed by atoms with van der Waals surface area (Å²) in [6.45, 7) is 4.67. The summed E-state index contributed by atoms with van der Waals surface area (Å²) in [5.74, 6) is 0.901. The molecule has 1 saturated heterocycles. The molecule has 1 amide bonds. The molecule has 0 spiro atoms. The fourth-order valence-corrected chi connectivity index (χ4v) is 2.48. The van der Waals surface area contributed by atoms with Crippen LogP contribution in [0.5, 0.6) is 5.75 Å². The first kappa shape index (κ1) is 14.6. The second-order valence-corrected chi connectivity index (χ2v) is 4.88. The van der Waals surface area contributed by atoms with Gasteiger partial charge in [-0.2, -0.15) is 0 Å². The third kappa shape index (κ3) is 3.61. The van der Waals surface area contributed by atoms with Crippen LogP contribution in [-0.4, -0.2) is 43.6 Å². The fourth-order valence-electron chi connectivity index (χ4n) is 2.48. The fraction of sp³-hybridized carbons (Fsp3) is 0.438. The van der Waals surface area contributed by atoms with Crippen molar-refractivity contribution in [3.63, 3.8) is 0 Å². The highest BCUT2D eigenvalue weighted by molar-refractivity contribution is 5.92. The lowest BCUT2D eigenvalue weighted by atomic mass is 10.2. The van der Waals surface area contributed by atoms with Crippen LogP contribution in [0.1, 0.15) is 18.9 Å². The number of hydrogen-bond donors (Lipinski definition) is 1. The van der Waals surface area contributed by atoms with E-state index in [1.165, 1.54) is 0 Å². The van der Waals surface area contributed by atoms with E-state index in [4.69, 9.17) is 4.74 Å².